The first-order valence-electron chi connectivity index (χ1n) is 8.80. The molecule has 24 heavy (non-hydrogen) atoms. The van der Waals surface area contributed by atoms with Crippen molar-refractivity contribution in [3.63, 3.8) is 0 Å². The van der Waals surface area contributed by atoms with Crippen molar-refractivity contribution in [3.05, 3.63) is 47.2 Å². The van der Waals surface area contributed by atoms with Gasteiger partial charge in [-0.3, -0.25) is 4.79 Å². The number of amides is 1. The highest BCUT2D eigenvalue weighted by Crippen LogP contribution is 2.47. The van der Waals surface area contributed by atoms with Crippen molar-refractivity contribution in [1.29, 1.82) is 0 Å². The molecule has 0 spiro atoms. The van der Waals surface area contributed by atoms with Crippen LogP contribution in [0.5, 0.6) is 0 Å². The van der Waals surface area contributed by atoms with Gasteiger partial charge < -0.3 is 5.32 Å². The van der Waals surface area contributed by atoms with E-state index in [1.165, 1.54) is 32.1 Å². The van der Waals surface area contributed by atoms with Crippen LogP contribution in [0.4, 0.5) is 0 Å². The van der Waals surface area contributed by atoms with E-state index < -0.39 is 0 Å². The fraction of sp³-hybridized carbons (Fsp3) is 0.474. The lowest BCUT2D eigenvalue weighted by atomic mass is 9.92. The number of halogens is 1. The van der Waals surface area contributed by atoms with Crippen LogP contribution in [0.2, 0.25) is 5.02 Å². The number of hydrogen-bond donors (Lipinski definition) is 1. The standard InChI is InChI=1S/C19H22ClN3O/c20-18-8-7-15(23-10-2-9-22-23)11-17(18)19(24)21-12-14-6-5-13-3-1-4-16(13)14/h2,7-11,13-14,16H,1,3-6,12H2,(H,21,24)/t13-,14+,16-/m0/s1. The summed E-state index contributed by atoms with van der Waals surface area (Å²) in [4.78, 5) is 12.6. The van der Waals surface area contributed by atoms with E-state index in [2.05, 4.69) is 10.4 Å². The number of aromatic nitrogens is 2. The summed E-state index contributed by atoms with van der Waals surface area (Å²) in [6.07, 6.45) is 10.2. The number of nitrogens with zero attached hydrogens (tertiary/aromatic N) is 2. The monoisotopic (exact) mass is 343 g/mol. The molecule has 4 rings (SSSR count). The molecular formula is C19H22ClN3O. The molecule has 5 heteroatoms. The van der Waals surface area contributed by atoms with Crippen LogP contribution >= 0.6 is 11.6 Å². The van der Waals surface area contributed by atoms with Gasteiger partial charge in [0.2, 0.25) is 0 Å². The number of hydrogen-bond acceptors (Lipinski definition) is 2. The lowest BCUT2D eigenvalue weighted by Gasteiger charge is -2.19. The number of fused-ring (bicyclic) bond motifs is 1. The Labute approximate surface area is 147 Å². The molecule has 3 atom stereocenters. The fourth-order valence-electron chi connectivity index (χ4n) is 4.51. The smallest absolute Gasteiger partial charge is 0.252 e. The van der Waals surface area contributed by atoms with Gasteiger partial charge in [-0.05, 0) is 61.3 Å². The van der Waals surface area contributed by atoms with Crippen molar-refractivity contribution in [2.45, 2.75) is 32.1 Å². The summed E-state index contributed by atoms with van der Waals surface area (Å²) >= 11 is 6.25. The van der Waals surface area contributed by atoms with Gasteiger partial charge in [0.1, 0.15) is 0 Å². The van der Waals surface area contributed by atoms with Gasteiger partial charge in [-0.25, -0.2) is 4.68 Å². The quantitative estimate of drug-likeness (QED) is 0.909. The minimum Gasteiger partial charge on any atom is -0.352 e. The molecule has 2 aliphatic rings. The molecule has 0 bridgehead atoms. The molecule has 1 N–H and O–H groups in total. The topological polar surface area (TPSA) is 46.9 Å². The maximum Gasteiger partial charge on any atom is 0.252 e. The van der Waals surface area contributed by atoms with E-state index in [9.17, 15) is 4.79 Å². The van der Waals surface area contributed by atoms with E-state index >= 15 is 0 Å². The molecule has 0 aliphatic heterocycles. The molecule has 4 nitrogen and oxygen atoms in total. The predicted octanol–water partition coefficient (Wildman–Crippen LogP) is 4.08. The molecule has 2 aromatic rings. The van der Waals surface area contributed by atoms with Crippen molar-refractivity contribution < 1.29 is 4.79 Å². The first-order chi connectivity index (χ1) is 11.7. The van der Waals surface area contributed by atoms with Crippen LogP contribution < -0.4 is 5.32 Å². The Morgan fingerprint density at radius 1 is 1.29 bits per heavy atom. The Kier molecular flexibility index (Phi) is 4.31. The summed E-state index contributed by atoms with van der Waals surface area (Å²) in [5, 5.41) is 7.80. The summed E-state index contributed by atoms with van der Waals surface area (Å²) < 4.78 is 1.73. The Morgan fingerprint density at radius 3 is 3.04 bits per heavy atom. The molecular weight excluding hydrogens is 322 g/mol. The molecule has 126 valence electrons. The zero-order valence-corrected chi connectivity index (χ0v) is 14.4. The average Bonchev–Trinajstić information content (AvgIpc) is 3.31. The van der Waals surface area contributed by atoms with E-state index in [0.29, 0.717) is 16.5 Å². The molecule has 1 aromatic heterocycles. The Balaban J connectivity index is 1.45. The zero-order valence-electron chi connectivity index (χ0n) is 13.6. The summed E-state index contributed by atoms with van der Waals surface area (Å²) in [7, 11) is 0. The normalized spacial score (nSPS) is 25.6. The minimum atomic E-state index is -0.0875. The lowest BCUT2D eigenvalue weighted by molar-refractivity contribution is 0.0943. The highest BCUT2D eigenvalue weighted by molar-refractivity contribution is 6.33. The van der Waals surface area contributed by atoms with Gasteiger partial charge in [0, 0.05) is 18.9 Å². The van der Waals surface area contributed by atoms with E-state index in [4.69, 9.17) is 11.6 Å². The van der Waals surface area contributed by atoms with E-state index in [0.717, 1.165) is 24.1 Å². The van der Waals surface area contributed by atoms with Crippen LogP contribution in [-0.4, -0.2) is 22.2 Å². The number of carbonyl (C=O) groups excluding carboxylic acids is 1. The number of nitrogens with one attached hydrogen (secondary N) is 1. The summed E-state index contributed by atoms with van der Waals surface area (Å²) in [6.45, 7) is 0.766. The lowest BCUT2D eigenvalue weighted by Crippen LogP contribution is -2.31. The van der Waals surface area contributed by atoms with Crippen LogP contribution in [0.25, 0.3) is 5.69 Å². The van der Waals surface area contributed by atoms with E-state index in [1.54, 1.807) is 23.0 Å². The SMILES string of the molecule is O=C(NC[C@H]1CC[C@@H]2CCC[C@@H]21)c1cc(-n2cccn2)ccc1Cl. The van der Waals surface area contributed by atoms with Gasteiger partial charge >= 0.3 is 0 Å². The van der Waals surface area contributed by atoms with E-state index in [1.807, 2.05) is 18.3 Å². The summed E-state index contributed by atoms with van der Waals surface area (Å²) in [6, 6.07) is 7.28. The fourth-order valence-corrected chi connectivity index (χ4v) is 4.71. The Hall–Kier alpha value is -1.81. The van der Waals surface area contributed by atoms with Crippen molar-refractivity contribution in [3.8, 4) is 5.69 Å². The van der Waals surface area contributed by atoms with Crippen molar-refractivity contribution in [1.82, 2.24) is 15.1 Å². The van der Waals surface area contributed by atoms with Crippen LogP contribution in [0.3, 0.4) is 0 Å². The number of rotatable bonds is 4. The number of benzene rings is 1. The van der Waals surface area contributed by atoms with E-state index in [-0.39, 0.29) is 5.91 Å². The Bertz CT molecular complexity index is 728. The van der Waals surface area contributed by atoms with Gasteiger partial charge in [0.25, 0.3) is 5.91 Å². The summed E-state index contributed by atoms with van der Waals surface area (Å²) in [5.74, 6) is 2.26. The second-order valence-corrected chi connectivity index (χ2v) is 7.42. The highest BCUT2D eigenvalue weighted by Gasteiger charge is 2.38. The molecule has 1 amide bonds. The third kappa shape index (κ3) is 2.95. The first-order valence-corrected chi connectivity index (χ1v) is 9.18. The molecule has 2 saturated carbocycles. The van der Waals surface area contributed by atoms with Gasteiger partial charge in [-0.1, -0.05) is 24.4 Å². The maximum atomic E-state index is 12.6. The zero-order chi connectivity index (χ0) is 16.5. The van der Waals surface area contributed by atoms with Crippen molar-refractivity contribution in [2.75, 3.05) is 6.54 Å². The van der Waals surface area contributed by atoms with Crippen LogP contribution in [0.1, 0.15) is 42.5 Å². The molecule has 0 radical (unpaired) electrons. The average molecular weight is 344 g/mol. The van der Waals surface area contributed by atoms with Crippen LogP contribution in [0, 0.1) is 17.8 Å². The van der Waals surface area contributed by atoms with Crippen molar-refractivity contribution >= 4 is 17.5 Å². The van der Waals surface area contributed by atoms with Gasteiger partial charge in [0.15, 0.2) is 0 Å². The molecule has 1 aromatic carbocycles. The minimum absolute atomic E-state index is 0.0875. The third-order valence-electron chi connectivity index (χ3n) is 5.72. The maximum absolute atomic E-state index is 12.6. The van der Waals surface area contributed by atoms with Gasteiger partial charge in [-0.15, -0.1) is 0 Å². The molecule has 0 unspecified atom stereocenters. The number of carbonyl (C=O) groups is 1. The predicted molar refractivity (Wildman–Crippen MR) is 94.5 cm³/mol. The molecule has 0 saturated heterocycles. The second-order valence-electron chi connectivity index (χ2n) is 7.02. The van der Waals surface area contributed by atoms with Gasteiger partial charge in [0.05, 0.1) is 16.3 Å². The molecule has 2 aliphatic carbocycles. The first kappa shape index (κ1) is 15.7. The third-order valence-corrected chi connectivity index (χ3v) is 6.05. The van der Waals surface area contributed by atoms with Crippen molar-refractivity contribution in [2.24, 2.45) is 17.8 Å². The second kappa shape index (κ2) is 6.60. The van der Waals surface area contributed by atoms with Crippen LogP contribution in [-0.2, 0) is 0 Å². The van der Waals surface area contributed by atoms with Crippen LogP contribution in [0.15, 0.2) is 36.7 Å². The Morgan fingerprint density at radius 2 is 2.21 bits per heavy atom. The summed E-state index contributed by atoms with van der Waals surface area (Å²) in [5.41, 5.74) is 1.36. The molecule has 2 fully saturated rings. The highest BCUT2D eigenvalue weighted by atomic mass is 35.5. The van der Waals surface area contributed by atoms with Gasteiger partial charge in [-0.2, -0.15) is 5.10 Å². The molecule has 1 heterocycles. The largest absolute Gasteiger partial charge is 0.352 e.